The van der Waals surface area contributed by atoms with Gasteiger partial charge in [0.1, 0.15) is 0 Å². The zero-order chi connectivity index (χ0) is 11.6. The van der Waals surface area contributed by atoms with E-state index in [2.05, 4.69) is 24.1 Å². The molecular formula is C11H24N2O. The summed E-state index contributed by atoms with van der Waals surface area (Å²) < 4.78 is 0. The molecule has 0 aliphatic rings. The smallest absolute Gasteiger partial charge is 0.225 e. The summed E-state index contributed by atoms with van der Waals surface area (Å²) in [5, 5.41) is 2.96. The van der Waals surface area contributed by atoms with Gasteiger partial charge in [0.2, 0.25) is 5.91 Å². The highest BCUT2D eigenvalue weighted by Crippen LogP contribution is 2.14. The highest BCUT2D eigenvalue weighted by atomic mass is 16.2. The van der Waals surface area contributed by atoms with Crippen molar-refractivity contribution in [3.05, 3.63) is 0 Å². The van der Waals surface area contributed by atoms with Crippen LogP contribution in [0.4, 0.5) is 0 Å². The van der Waals surface area contributed by atoms with Crippen LogP contribution in [0.3, 0.4) is 0 Å². The van der Waals surface area contributed by atoms with Crippen molar-refractivity contribution >= 4 is 5.91 Å². The van der Waals surface area contributed by atoms with Crippen molar-refractivity contribution in [2.24, 2.45) is 5.41 Å². The largest absolute Gasteiger partial charge is 0.354 e. The molecule has 0 saturated heterocycles. The number of amides is 1. The summed E-state index contributed by atoms with van der Waals surface area (Å²) in [4.78, 5) is 13.7. The van der Waals surface area contributed by atoms with Gasteiger partial charge in [-0.25, -0.2) is 0 Å². The van der Waals surface area contributed by atoms with Crippen molar-refractivity contribution in [2.45, 2.75) is 40.2 Å². The van der Waals surface area contributed by atoms with Crippen molar-refractivity contribution in [3.8, 4) is 0 Å². The Kier molecular flexibility index (Phi) is 4.13. The van der Waals surface area contributed by atoms with Crippen molar-refractivity contribution in [1.82, 2.24) is 10.2 Å². The minimum absolute atomic E-state index is 0.000903. The second-order valence-corrected chi connectivity index (χ2v) is 5.64. The third-order valence-corrected chi connectivity index (χ3v) is 2.57. The third kappa shape index (κ3) is 4.09. The molecule has 84 valence electrons. The summed E-state index contributed by atoms with van der Waals surface area (Å²) in [5.41, 5.74) is -0.302. The van der Waals surface area contributed by atoms with Crippen molar-refractivity contribution in [3.63, 3.8) is 0 Å². The van der Waals surface area contributed by atoms with Gasteiger partial charge in [-0.3, -0.25) is 4.79 Å². The first-order chi connectivity index (χ1) is 6.07. The molecule has 0 rings (SSSR count). The molecule has 0 fully saturated rings. The molecule has 3 nitrogen and oxygen atoms in total. The van der Waals surface area contributed by atoms with E-state index in [9.17, 15) is 4.79 Å². The molecule has 0 aliphatic heterocycles. The molecule has 0 radical (unpaired) electrons. The van der Waals surface area contributed by atoms with Crippen LogP contribution in [0.2, 0.25) is 0 Å². The summed E-state index contributed by atoms with van der Waals surface area (Å²) in [5.74, 6) is 0.104. The third-order valence-electron chi connectivity index (χ3n) is 2.57. The number of carbonyl (C=O) groups excluding carboxylic acids is 1. The maximum absolute atomic E-state index is 11.6. The Morgan fingerprint density at radius 2 is 1.57 bits per heavy atom. The highest BCUT2D eigenvalue weighted by molar-refractivity contribution is 5.81. The van der Waals surface area contributed by atoms with Crippen molar-refractivity contribution in [2.75, 3.05) is 20.6 Å². The van der Waals surface area contributed by atoms with Gasteiger partial charge in [-0.1, -0.05) is 20.8 Å². The molecule has 0 unspecified atom stereocenters. The zero-order valence-electron chi connectivity index (χ0n) is 10.6. The van der Waals surface area contributed by atoms with E-state index in [1.165, 1.54) is 0 Å². The fraction of sp³-hybridized carbons (Fsp3) is 0.909. The number of likely N-dealkylation sites (N-methyl/N-ethyl adjacent to an activating group) is 1. The Labute approximate surface area is 87.9 Å². The van der Waals surface area contributed by atoms with Gasteiger partial charge in [-0.15, -0.1) is 0 Å². The molecule has 0 saturated carbocycles. The Morgan fingerprint density at radius 3 is 1.86 bits per heavy atom. The molecule has 0 aromatic carbocycles. The van der Waals surface area contributed by atoms with Gasteiger partial charge in [0.05, 0.1) is 0 Å². The van der Waals surface area contributed by atoms with E-state index in [0.29, 0.717) is 6.54 Å². The maximum atomic E-state index is 11.6. The number of rotatable bonds is 3. The summed E-state index contributed by atoms with van der Waals surface area (Å²) in [6.45, 7) is 10.7. The Balaban J connectivity index is 4.14. The van der Waals surface area contributed by atoms with Crippen LogP contribution in [0.1, 0.15) is 34.6 Å². The van der Waals surface area contributed by atoms with E-state index in [0.717, 1.165) is 0 Å². The lowest BCUT2D eigenvalue weighted by Gasteiger charge is -2.33. The van der Waals surface area contributed by atoms with E-state index in [1.807, 2.05) is 34.9 Å². The Bertz CT molecular complexity index is 202. The lowest BCUT2D eigenvalue weighted by Crippen LogP contribution is -2.50. The summed E-state index contributed by atoms with van der Waals surface area (Å²) >= 11 is 0. The Hall–Kier alpha value is -0.570. The van der Waals surface area contributed by atoms with Crippen LogP contribution in [-0.4, -0.2) is 37.0 Å². The molecule has 1 amide bonds. The summed E-state index contributed by atoms with van der Waals surface area (Å²) in [7, 11) is 4.03. The summed E-state index contributed by atoms with van der Waals surface area (Å²) in [6, 6.07) is 0. The number of carbonyl (C=O) groups is 1. The van der Waals surface area contributed by atoms with E-state index < -0.39 is 0 Å². The van der Waals surface area contributed by atoms with Crippen LogP contribution in [0.25, 0.3) is 0 Å². The second kappa shape index (κ2) is 4.30. The summed E-state index contributed by atoms with van der Waals surface area (Å²) in [6.07, 6.45) is 0. The first kappa shape index (κ1) is 13.4. The molecule has 14 heavy (non-hydrogen) atoms. The lowest BCUT2D eigenvalue weighted by molar-refractivity contribution is -0.129. The first-order valence-electron chi connectivity index (χ1n) is 5.03. The normalized spacial score (nSPS) is 13.1. The van der Waals surface area contributed by atoms with Gasteiger partial charge >= 0.3 is 0 Å². The van der Waals surface area contributed by atoms with Gasteiger partial charge in [-0.2, -0.15) is 0 Å². The first-order valence-corrected chi connectivity index (χ1v) is 5.03. The average molecular weight is 200 g/mol. The quantitative estimate of drug-likeness (QED) is 0.748. The fourth-order valence-corrected chi connectivity index (χ4v) is 0.720. The topological polar surface area (TPSA) is 32.3 Å². The number of hydrogen-bond donors (Lipinski definition) is 1. The maximum Gasteiger partial charge on any atom is 0.225 e. The van der Waals surface area contributed by atoms with Crippen LogP contribution < -0.4 is 5.32 Å². The lowest BCUT2D eigenvalue weighted by atomic mass is 9.95. The van der Waals surface area contributed by atoms with E-state index in [4.69, 9.17) is 0 Å². The predicted molar refractivity (Wildman–Crippen MR) is 60.2 cm³/mol. The second-order valence-electron chi connectivity index (χ2n) is 5.64. The van der Waals surface area contributed by atoms with E-state index in [-0.39, 0.29) is 16.9 Å². The molecule has 0 aliphatic carbocycles. The molecule has 0 heterocycles. The molecular weight excluding hydrogens is 176 g/mol. The van der Waals surface area contributed by atoms with Crippen molar-refractivity contribution < 1.29 is 4.79 Å². The van der Waals surface area contributed by atoms with Gasteiger partial charge in [0.25, 0.3) is 0 Å². The van der Waals surface area contributed by atoms with Gasteiger partial charge in [0, 0.05) is 17.5 Å². The van der Waals surface area contributed by atoms with Crippen LogP contribution in [-0.2, 0) is 4.79 Å². The van der Waals surface area contributed by atoms with Crippen molar-refractivity contribution in [1.29, 1.82) is 0 Å². The standard InChI is InChI=1S/C11H24N2O/c1-10(2,3)9(14)12-8-11(4,5)13(6)7/h8H2,1-7H3,(H,12,14). The monoisotopic (exact) mass is 200 g/mol. The minimum Gasteiger partial charge on any atom is -0.354 e. The minimum atomic E-state index is -0.303. The molecule has 0 aromatic heterocycles. The molecule has 1 N–H and O–H groups in total. The Morgan fingerprint density at radius 1 is 1.14 bits per heavy atom. The SMILES string of the molecule is CN(C)C(C)(C)CNC(=O)C(C)(C)C. The number of nitrogens with zero attached hydrogens (tertiary/aromatic N) is 1. The van der Waals surface area contributed by atoms with Gasteiger partial charge < -0.3 is 10.2 Å². The molecule has 0 bridgehead atoms. The highest BCUT2D eigenvalue weighted by Gasteiger charge is 2.25. The fourth-order valence-electron chi connectivity index (χ4n) is 0.720. The molecule has 0 aromatic rings. The van der Waals surface area contributed by atoms with Crippen LogP contribution >= 0.6 is 0 Å². The van der Waals surface area contributed by atoms with Crippen LogP contribution in [0.15, 0.2) is 0 Å². The van der Waals surface area contributed by atoms with Gasteiger partial charge in [-0.05, 0) is 27.9 Å². The zero-order valence-corrected chi connectivity index (χ0v) is 10.6. The van der Waals surface area contributed by atoms with Crippen LogP contribution in [0.5, 0.6) is 0 Å². The molecule has 0 spiro atoms. The van der Waals surface area contributed by atoms with E-state index >= 15 is 0 Å². The molecule has 0 atom stereocenters. The van der Waals surface area contributed by atoms with Crippen LogP contribution in [0, 0.1) is 5.41 Å². The average Bonchev–Trinajstić information content (AvgIpc) is 1.98. The van der Waals surface area contributed by atoms with E-state index in [1.54, 1.807) is 0 Å². The van der Waals surface area contributed by atoms with Gasteiger partial charge in [0.15, 0.2) is 0 Å². The molecule has 3 heteroatoms. The predicted octanol–water partition coefficient (Wildman–Crippen LogP) is 1.49. The number of hydrogen-bond acceptors (Lipinski definition) is 2. The number of nitrogens with one attached hydrogen (secondary N) is 1.